The lowest BCUT2D eigenvalue weighted by Crippen LogP contribution is -2.05. The van der Waals surface area contributed by atoms with Gasteiger partial charge >= 0.3 is 12.1 Å². The van der Waals surface area contributed by atoms with Crippen molar-refractivity contribution in [2.24, 2.45) is 0 Å². The maximum absolute atomic E-state index is 12.6. The van der Waals surface area contributed by atoms with Crippen LogP contribution in [0.15, 0.2) is 33.5 Å². The first kappa shape index (κ1) is 13.6. The second kappa shape index (κ2) is 4.69. The van der Waals surface area contributed by atoms with Crippen LogP contribution in [0.1, 0.15) is 16.1 Å². The van der Waals surface area contributed by atoms with Crippen LogP contribution in [0, 0.1) is 0 Å². The molecule has 2 aromatic rings. The number of hydrogen-bond donors (Lipinski definition) is 1. The molecular weight excluding hydrogens is 331 g/mol. The lowest BCUT2D eigenvalue weighted by molar-refractivity contribution is -0.137. The van der Waals surface area contributed by atoms with Gasteiger partial charge in [0.2, 0.25) is 0 Å². The number of alkyl halides is 3. The van der Waals surface area contributed by atoms with E-state index in [0.29, 0.717) is 0 Å². The van der Waals surface area contributed by atoms with Crippen molar-refractivity contribution >= 4 is 21.9 Å². The second-order valence-corrected chi connectivity index (χ2v) is 4.38. The first-order chi connectivity index (χ1) is 8.80. The molecule has 100 valence electrons. The molecule has 0 fully saturated rings. The molecule has 0 aliphatic heterocycles. The van der Waals surface area contributed by atoms with Gasteiger partial charge in [-0.25, -0.2) is 9.78 Å². The number of halogens is 4. The molecule has 2 rings (SSSR count). The SMILES string of the molecule is O=C(O)c1ncoc1-c1cc(C(F)(F)F)ccc1Br. The number of carboxylic acids is 1. The first-order valence-corrected chi connectivity index (χ1v) is 5.64. The summed E-state index contributed by atoms with van der Waals surface area (Å²) in [6.45, 7) is 0. The zero-order valence-corrected chi connectivity index (χ0v) is 10.6. The van der Waals surface area contributed by atoms with E-state index >= 15 is 0 Å². The van der Waals surface area contributed by atoms with E-state index in [0.717, 1.165) is 18.5 Å². The van der Waals surface area contributed by atoms with Crippen molar-refractivity contribution in [3.05, 3.63) is 40.3 Å². The summed E-state index contributed by atoms with van der Waals surface area (Å²) in [5, 5.41) is 8.88. The summed E-state index contributed by atoms with van der Waals surface area (Å²) >= 11 is 3.05. The Kier molecular flexibility index (Phi) is 3.36. The Hall–Kier alpha value is -1.83. The largest absolute Gasteiger partial charge is 0.476 e. The average Bonchev–Trinajstić information content (AvgIpc) is 2.76. The maximum Gasteiger partial charge on any atom is 0.416 e. The minimum absolute atomic E-state index is 0.0234. The highest BCUT2D eigenvalue weighted by Crippen LogP contribution is 2.37. The zero-order chi connectivity index (χ0) is 14.2. The molecular formula is C11H5BrF3NO3. The fourth-order valence-corrected chi connectivity index (χ4v) is 1.89. The number of nitrogens with zero attached hydrogens (tertiary/aromatic N) is 1. The van der Waals surface area contributed by atoms with Gasteiger partial charge in [-0.15, -0.1) is 0 Å². The summed E-state index contributed by atoms with van der Waals surface area (Å²) in [5.74, 6) is -1.61. The van der Waals surface area contributed by atoms with Gasteiger partial charge in [0.05, 0.1) is 5.56 Å². The summed E-state index contributed by atoms with van der Waals surface area (Å²) in [6, 6.07) is 2.85. The number of rotatable bonds is 2. The zero-order valence-electron chi connectivity index (χ0n) is 9.03. The molecule has 0 amide bonds. The molecule has 0 aliphatic rings. The van der Waals surface area contributed by atoms with Crippen molar-refractivity contribution in [1.29, 1.82) is 0 Å². The van der Waals surface area contributed by atoms with E-state index in [1.54, 1.807) is 0 Å². The molecule has 1 heterocycles. The number of hydrogen-bond acceptors (Lipinski definition) is 3. The fourth-order valence-electron chi connectivity index (χ4n) is 1.47. The van der Waals surface area contributed by atoms with Gasteiger partial charge in [0.25, 0.3) is 0 Å². The van der Waals surface area contributed by atoms with Crippen LogP contribution in [-0.4, -0.2) is 16.1 Å². The van der Waals surface area contributed by atoms with Crippen molar-refractivity contribution in [2.45, 2.75) is 6.18 Å². The number of aromatic nitrogens is 1. The van der Waals surface area contributed by atoms with Gasteiger partial charge in [-0.05, 0) is 18.2 Å². The lowest BCUT2D eigenvalue weighted by atomic mass is 10.1. The van der Waals surface area contributed by atoms with Crippen molar-refractivity contribution in [3.8, 4) is 11.3 Å². The molecule has 0 spiro atoms. The van der Waals surface area contributed by atoms with Gasteiger partial charge in [0.1, 0.15) is 0 Å². The second-order valence-electron chi connectivity index (χ2n) is 3.53. The Morgan fingerprint density at radius 1 is 1.37 bits per heavy atom. The molecule has 8 heteroatoms. The Balaban J connectivity index is 2.62. The molecule has 1 aromatic carbocycles. The smallest absolute Gasteiger partial charge is 0.416 e. The van der Waals surface area contributed by atoms with E-state index in [-0.39, 0.29) is 15.8 Å². The quantitative estimate of drug-likeness (QED) is 0.906. The van der Waals surface area contributed by atoms with Crippen LogP contribution in [0.25, 0.3) is 11.3 Å². The third kappa shape index (κ3) is 2.62. The topological polar surface area (TPSA) is 63.3 Å². The van der Waals surface area contributed by atoms with E-state index in [2.05, 4.69) is 20.9 Å². The van der Waals surface area contributed by atoms with Crippen LogP contribution < -0.4 is 0 Å². The Bertz CT molecular complexity index is 636. The average molecular weight is 336 g/mol. The lowest BCUT2D eigenvalue weighted by Gasteiger charge is -2.09. The van der Waals surface area contributed by atoms with E-state index in [1.165, 1.54) is 6.07 Å². The minimum atomic E-state index is -4.53. The predicted octanol–water partition coefficient (Wildman–Crippen LogP) is 3.82. The van der Waals surface area contributed by atoms with Gasteiger partial charge in [-0.1, -0.05) is 15.9 Å². The summed E-state index contributed by atoms with van der Waals surface area (Å²) < 4.78 is 43.0. The molecule has 0 bridgehead atoms. The molecule has 1 N–H and O–H groups in total. The Labute approximate surface area is 113 Å². The van der Waals surface area contributed by atoms with Gasteiger partial charge in [0, 0.05) is 10.0 Å². The van der Waals surface area contributed by atoms with Crippen molar-refractivity contribution in [3.63, 3.8) is 0 Å². The number of benzene rings is 1. The van der Waals surface area contributed by atoms with Crippen LogP contribution in [-0.2, 0) is 6.18 Å². The van der Waals surface area contributed by atoms with Crippen molar-refractivity contribution in [2.75, 3.05) is 0 Å². The van der Waals surface area contributed by atoms with E-state index in [1.807, 2.05) is 0 Å². The standard InChI is InChI=1S/C11H5BrF3NO3/c12-7-2-1-5(11(13,14)15)3-6(7)9-8(10(17)18)16-4-19-9/h1-4H,(H,17,18). The van der Waals surface area contributed by atoms with Crippen LogP contribution in [0.4, 0.5) is 13.2 Å². The van der Waals surface area contributed by atoms with Gasteiger partial charge in [-0.2, -0.15) is 13.2 Å². The summed E-state index contributed by atoms with van der Waals surface area (Å²) in [7, 11) is 0. The fraction of sp³-hybridized carbons (Fsp3) is 0.0909. The number of oxazole rings is 1. The van der Waals surface area contributed by atoms with Crippen LogP contribution in [0.3, 0.4) is 0 Å². The molecule has 0 saturated carbocycles. The third-order valence-electron chi connectivity index (χ3n) is 2.31. The van der Waals surface area contributed by atoms with Crippen molar-refractivity contribution < 1.29 is 27.5 Å². The number of carbonyl (C=O) groups is 1. The highest BCUT2D eigenvalue weighted by Gasteiger charge is 2.32. The molecule has 0 saturated heterocycles. The first-order valence-electron chi connectivity index (χ1n) is 4.84. The summed E-state index contributed by atoms with van der Waals surface area (Å²) in [5.41, 5.74) is -1.37. The molecule has 0 unspecified atom stereocenters. The van der Waals surface area contributed by atoms with Crippen molar-refractivity contribution in [1.82, 2.24) is 4.98 Å². The highest BCUT2D eigenvalue weighted by atomic mass is 79.9. The summed E-state index contributed by atoms with van der Waals surface area (Å²) in [6.07, 6.45) is -3.66. The van der Waals surface area contributed by atoms with E-state index in [4.69, 9.17) is 9.52 Å². The minimum Gasteiger partial charge on any atom is -0.476 e. The van der Waals surface area contributed by atoms with Crippen LogP contribution in [0.5, 0.6) is 0 Å². The van der Waals surface area contributed by atoms with Gasteiger partial charge < -0.3 is 9.52 Å². The third-order valence-corrected chi connectivity index (χ3v) is 3.00. The number of carboxylic acid groups (broad SMARTS) is 1. The predicted molar refractivity (Wildman–Crippen MR) is 61.6 cm³/mol. The van der Waals surface area contributed by atoms with Gasteiger partial charge in [-0.3, -0.25) is 0 Å². The maximum atomic E-state index is 12.6. The summed E-state index contributed by atoms with van der Waals surface area (Å²) in [4.78, 5) is 14.3. The molecule has 0 radical (unpaired) electrons. The molecule has 4 nitrogen and oxygen atoms in total. The van der Waals surface area contributed by atoms with E-state index in [9.17, 15) is 18.0 Å². The van der Waals surface area contributed by atoms with Gasteiger partial charge in [0.15, 0.2) is 17.8 Å². The highest BCUT2D eigenvalue weighted by molar-refractivity contribution is 9.10. The Morgan fingerprint density at radius 3 is 2.63 bits per heavy atom. The molecule has 0 aliphatic carbocycles. The van der Waals surface area contributed by atoms with Crippen LogP contribution in [0.2, 0.25) is 0 Å². The monoisotopic (exact) mass is 335 g/mol. The number of aromatic carboxylic acids is 1. The van der Waals surface area contributed by atoms with Crippen LogP contribution >= 0.6 is 15.9 Å². The Morgan fingerprint density at radius 2 is 2.05 bits per heavy atom. The normalized spacial score (nSPS) is 11.6. The van der Waals surface area contributed by atoms with E-state index < -0.39 is 23.4 Å². The molecule has 1 aromatic heterocycles. The molecule has 19 heavy (non-hydrogen) atoms. The molecule has 0 atom stereocenters.